The number of rotatable bonds is 3. The first kappa shape index (κ1) is 14.0. The van der Waals surface area contributed by atoms with Crippen molar-refractivity contribution in [3.05, 3.63) is 38.3 Å². The molecule has 102 valence electrons. The zero-order valence-corrected chi connectivity index (χ0v) is 12.2. The second-order valence-electron chi connectivity index (χ2n) is 4.78. The standard InChI is InChI=1S/C13H15BrN2O3/c1-15(9-4-2-3-5-9)13(17)11-8-10(16(18)19)6-7-12(11)14/h6-9H,2-5H2,1H3. The molecule has 0 heterocycles. The molecule has 0 bridgehead atoms. The Morgan fingerprint density at radius 3 is 2.63 bits per heavy atom. The van der Waals surface area contributed by atoms with Gasteiger partial charge in [0.15, 0.2) is 0 Å². The molecule has 1 aliphatic carbocycles. The van der Waals surface area contributed by atoms with Crippen LogP contribution in [0.15, 0.2) is 22.7 Å². The van der Waals surface area contributed by atoms with Crippen molar-refractivity contribution in [3.63, 3.8) is 0 Å². The van der Waals surface area contributed by atoms with E-state index in [1.807, 2.05) is 0 Å². The van der Waals surface area contributed by atoms with Crippen LogP contribution in [0.2, 0.25) is 0 Å². The van der Waals surface area contributed by atoms with Crippen molar-refractivity contribution in [2.45, 2.75) is 31.7 Å². The van der Waals surface area contributed by atoms with Gasteiger partial charge in [-0.05, 0) is 34.8 Å². The van der Waals surface area contributed by atoms with Gasteiger partial charge in [-0.1, -0.05) is 12.8 Å². The molecule has 1 aromatic carbocycles. The minimum atomic E-state index is -0.487. The Morgan fingerprint density at radius 1 is 1.42 bits per heavy atom. The van der Waals surface area contributed by atoms with Crippen LogP contribution in [0.1, 0.15) is 36.0 Å². The predicted octanol–water partition coefficient (Wildman–Crippen LogP) is 3.37. The fraction of sp³-hybridized carbons (Fsp3) is 0.462. The van der Waals surface area contributed by atoms with Gasteiger partial charge in [0.2, 0.25) is 0 Å². The van der Waals surface area contributed by atoms with Crippen LogP contribution in [0.25, 0.3) is 0 Å². The highest BCUT2D eigenvalue weighted by Crippen LogP contribution is 2.27. The monoisotopic (exact) mass is 326 g/mol. The second kappa shape index (κ2) is 5.69. The van der Waals surface area contributed by atoms with E-state index < -0.39 is 4.92 Å². The maximum absolute atomic E-state index is 12.4. The van der Waals surface area contributed by atoms with Crippen LogP contribution in [0.5, 0.6) is 0 Å². The molecule has 5 nitrogen and oxygen atoms in total. The Labute approximate surface area is 119 Å². The first-order valence-electron chi connectivity index (χ1n) is 6.22. The summed E-state index contributed by atoms with van der Waals surface area (Å²) < 4.78 is 0.591. The van der Waals surface area contributed by atoms with Gasteiger partial charge in [-0.3, -0.25) is 14.9 Å². The lowest BCUT2D eigenvalue weighted by Crippen LogP contribution is -2.35. The van der Waals surface area contributed by atoms with E-state index in [-0.39, 0.29) is 17.6 Å². The van der Waals surface area contributed by atoms with Gasteiger partial charge in [-0.2, -0.15) is 0 Å². The molecule has 0 unspecified atom stereocenters. The van der Waals surface area contributed by atoms with Gasteiger partial charge in [0.05, 0.1) is 10.5 Å². The fourth-order valence-corrected chi connectivity index (χ4v) is 2.85. The zero-order valence-electron chi connectivity index (χ0n) is 10.6. The Kier molecular flexibility index (Phi) is 4.19. The molecule has 6 heteroatoms. The quantitative estimate of drug-likeness (QED) is 0.631. The van der Waals surface area contributed by atoms with E-state index in [1.54, 1.807) is 18.0 Å². The molecule has 1 saturated carbocycles. The highest BCUT2D eigenvalue weighted by molar-refractivity contribution is 9.10. The van der Waals surface area contributed by atoms with Crippen LogP contribution >= 0.6 is 15.9 Å². The number of hydrogen-bond donors (Lipinski definition) is 0. The Bertz CT molecular complexity index is 513. The maximum Gasteiger partial charge on any atom is 0.270 e. The summed E-state index contributed by atoms with van der Waals surface area (Å²) in [5.41, 5.74) is 0.287. The number of halogens is 1. The third-order valence-electron chi connectivity index (χ3n) is 3.58. The van der Waals surface area contributed by atoms with Crippen LogP contribution < -0.4 is 0 Å². The molecular weight excluding hydrogens is 312 g/mol. The van der Waals surface area contributed by atoms with Crippen LogP contribution in [-0.2, 0) is 0 Å². The number of benzene rings is 1. The molecule has 1 amide bonds. The van der Waals surface area contributed by atoms with Gasteiger partial charge in [0.1, 0.15) is 0 Å². The number of hydrogen-bond acceptors (Lipinski definition) is 3. The SMILES string of the molecule is CN(C(=O)c1cc([N+](=O)[O-])ccc1Br)C1CCCC1. The van der Waals surface area contributed by atoms with Crippen molar-refractivity contribution in [2.24, 2.45) is 0 Å². The molecule has 0 spiro atoms. The third kappa shape index (κ3) is 2.94. The van der Waals surface area contributed by atoms with Crippen molar-refractivity contribution in [2.75, 3.05) is 7.05 Å². The summed E-state index contributed by atoms with van der Waals surface area (Å²) in [7, 11) is 1.77. The molecule has 19 heavy (non-hydrogen) atoms. The molecule has 1 aliphatic rings. The first-order valence-corrected chi connectivity index (χ1v) is 7.01. The van der Waals surface area contributed by atoms with E-state index in [9.17, 15) is 14.9 Å². The molecule has 0 aliphatic heterocycles. The lowest BCUT2D eigenvalue weighted by Gasteiger charge is -2.24. The summed E-state index contributed by atoms with van der Waals surface area (Å²) >= 11 is 3.29. The molecule has 0 radical (unpaired) electrons. The Morgan fingerprint density at radius 2 is 2.05 bits per heavy atom. The normalized spacial score (nSPS) is 15.5. The number of nitro groups is 1. The van der Waals surface area contributed by atoms with Crippen molar-refractivity contribution in [3.8, 4) is 0 Å². The minimum Gasteiger partial charge on any atom is -0.339 e. The van der Waals surface area contributed by atoms with E-state index in [1.165, 1.54) is 12.1 Å². The van der Waals surface area contributed by atoms with Crippen LogP contribution in [0, 0.1) is 10.1 Å². The topological polar surface area (TPSA) is 63.5 Å². The highest BCUT2D eigenvalue weighted by atomic mass is 79.9. The summed E-state index contributed by atoms with van der Waals surface area (Å²) in [4.78, 5) is 24.4. The highest BCUT2D eigenvalue weighted by Gasteiger charge is 2.26. The molecule has 1 aromatic rings. The lowest BCUT2D eigenvalue weighted by atomic mass is 10.1. The maximum atomic E-state index is 12.4. The van der Waals surface area contributed by atoms with Crippen molar-refractivity contribution in [1.29, 1.82) is 0 Å². The molecule has 0 N–H and O–H groups in total. The summed E-state index contributed by atoms with van der Waals surface area (Å²) in [5, 5.41) is 10.8. The molecule has 0 aromatic heterocycles. The van der Waals surface area contributed by atoms with Gasteiger partial charge < -0.3 is 4.90 Å². The minimum absolute atomic E-state index is 0.0635. The molecule has 2 rings (SSSR count). The van der Waals surface area contributed by atoms with E-state index >= 15 is 0 Å². The second-order valence-corrected chi connectivity index (χ2v) is 5.63. The fourth-order valence-electron chi connectivity index (χ4n) is 2.44. The molecular formula is C13H15BrN2O3. The first-order chi connectivity index (χ1) is 9.00. The number of carbonyl (C=O) groups excluding carboxylic acids is 1. The van der Waals surface area contributed by atoms with Gasteiger partial charge in [-0.15, -0.1) is 0 Å². The van der Waals surface area contributed by atoms with E-state index in [2.05, 4.69) is 15.9 Å². The summed E-state index contributed by atoms with van der Waals surface area (Å²) in [5.74, 6) is -0.164. The zero-order chi connectivity index (χ0) is 14.0. The number of nitrogens with zero attached hydrogens (tertiary/aromatic N) is 2. The average Bonchev–Trinajstić information content (AvgIpc) is 2.91. The van der Waals surface area contributed by atoms with Gasteiger partial charge in [0, 0.05) is 29.7 Å². The number of carbonyl (C=O) groups is 1. The molecule has 1 fully saturated rings. The van der Waals surface area contributed by atoms with E-state index in [0.29, 0.717) is 10.0 Å². The molecule has 0 atom stereocenters. The summed E-state index contributed by atoms with van der Waals surface area (Å²) in [6, 6.07) is 4.51. The lowest BCUT2D eigenvalue weighted by molar-refractivity contribution is -0.384. The summed E-state index contributed by atoms with van der Waals surface area (Å²) in [6.45, 7) is 0. The smallest absolute Gasteiger partial charge is 0.270 e. The van der Waals surface area contributed by atoms with E-state index in [4.69, 9.17) is 0 Å². The van der Waals surface area contributed by atoms with Crippen LogP contribution in [-0.4, -0.2) is 28.8 Å². The van der Waals surface area contributed by atoms with Gasteiger partial charge >= 0.3 is 0 Å². The largest absolute Gasteiger partial charge is 0.339 e. The molecule has 0 saturated heterocycles. The predicted molar refractivity (Wildman–Crippen MR) is 75.1 cm³/mol. The Balaban J connectivity index is 2.26. The van der Waals surface area contributed by atoms with Gasteiger partial charge in [-0.25, -0.2) is 0 Å². The van der Waals surface area contributed by atoms with E-state index in [0.717, 1.165) is 25.7 Å². The van der Waals surface area contributed by atoms with Crippen molar-refractivity contribution in [1.82, 2.24) is 4.90 Å². The number of amides is 1. The number of nitro benzene ring substituents is 1. The third-order valence-corrected chi connectivity index (χ3v) is 4.28. The van der Waals surface area contributed by atoms with Crippen molar-refractivity contribution >= 4 is 27.5 Å². The average molecular weight is 327 g/mol. The number of non-ortho nitro benzene ring substituents is 1. The van der Waals surface area contributed by atoms with Crippen LogP contribution in [0.4, 0.5) is 5.69 Å². The summed E-state index contributed by atoms with van der Waals surface area (Å²) in [6.07, 6.45) is 4.29. The Hall–Kier alpha value is -1.43. The van der Waals surface area contributed by atoms with Gasteiger partial charge in [0.25, 0.3) is 11.6 Å². The van der Waals surface area contributed by atoms with Crippen LogP contribution in [0.3, 0.4) is 0 Å². The van der Waals surface area contributed by atoms with Crippen molar-refractivity contribution < 1.29 is 9.72 Å².